The highest BCUT2D eigenvalue weighted by Gasteiger charge is 2.01. The van der Waals surface area contributed by atoms with Gasteiger partial charge in [0.05, 0.1) is 13.7 Å². The Bertz CT molecular complexity index is 368. The minimum Gasteiger partial charge on any atom is -0.496 e. The maximum Gasteiger partial charge on any atom is 0.234 e. The van der Waals surface area contributed by atoms with E-state index >= 15 is 0 Å². The molecule has 0 saturated carbocycles. The van der Waals surface area contributed by atoms with Gasteiger partial charge in [-0.3, -0.25) is 0 Å². The summed E-state index contributed by atoms with van der Waals surface area (Å²) in [6, 6.07) is 6.05. The fraction of sp³-hybridized carbons (Fsp3) is 0.417. The number of hydrogen-bond donors (Lipinski definition) is 0. The van der Waals surface area contributed by atoms with Gasteiger partial charge in [-0.15, -0.1) is 0 Å². The summed E-state index contributed by atoms with van der Waals surface area (Å²) in [7, 11) is 1.67. The number of nitrogens with zero attached hydrogens (tertiary/aromatic N) is 1. The molecule has 0 aliphatic rings. The van der Waals surface area contributed by atoms with Crippen molar-refractivity contribution in [1.29, 1.82) is 0 Å². The summed E-state index contributed by atoms with van der Waals surface area (Å²) in [6.07, 6.45) is 3.25. The van der Waals surface area contributed by atoms with E-state index in [0.29, 0.717) is 6.54 Å². The zero-order valence-corrected chi connectivity index (χ0v) is 9.12. The molecular formula is C12H15NO2. The minimum absolute atomic E-state index is 0.499. The van der Waals surface area contributed by atoms with Gasteiger partial charge in [0.25, 0.3) is 0 Å². The quantitative estimate of drug-likeness (QED) is 0.545. The second-order valence-corrected chi connectivity index (χ2v) is 3.22. The molecule has 0 aliphatic carbocycles. The molecule has 0 N–H and O–H groups in total. The van der Waals surface area contributed by atoms with Crippen molar-refractivity contribution in [2.75, 3.05) is 13.7 Å². The van der Waals surface area contributed by atoms with Gasteiger partial charge in [-0.2, -0.15) is 0 Å². The van der Waals surface area contributed by atoms with Gasteiger partial charge in [-0.1, -0.05) is 19.1 Å². The summed E-state index contributed by atoms with van der Waals surface area (Å²) < 4.78 is 5.23. The van der Waals surface area contributed by atoms with Crippen molar-refractivity contribution >= 4 is 6.08 Å². The summed E-state index contributed by atoms with van der Waals surface area (Å²) >= 11 is 0. The van der Waals surface area contributed by atoms with E-state index in [9.17, 15) is 4.79 Å². The van der Waals surface area contributed by atoms with E-state index in [1.54, 1.807) is 7.11 Å². The van der Waals surface area contributed by atoms with Crippen LogP contribution >= 0.6 is 0 Å². The predicted molar refractivity (Wildman–Crippen MR) is 59.1 cm³/mol. The van der Waals surface area contributed by atoms with Crippen LogP contribution in [0.25, 0.3) is 0 Å². The number of aliphatic imine (C=N–C) groups is 1. The molecule has 3 nitrogen and oxygen atoms in total. The first-order valence-electron chi connectivity index (χ1n) is 5.01. The topological polar surface area (TPSA) is 38.7 Å². The molecule has 80 valence electrons. The van der Waals surface area contributed by atoms with Crippen LogP contribution in [-0.2, 0) is 17.6 Å². The normalized spacial score (nSPS) is 9.47. The van der Waals surface area contributed by atoms with E-state index in [1.807, 2.05) is 12.1 Å². The van der Waals surface area contributed by atoms with Crippen LogP contribution in [0.4, 0.5) is 0 Å². The fourth-order valence-corrected chi connectivity index (χ4v) is 1.49. The predicted octanol–water partition coefficient (Wildman–Crippen LogP) is 2.14. The standard InChI is InChI=1S/C12H15NO2/c1-3-11-8-10(6-7-13-9-14)4-5-12(11)15-2/h4-5,8H,3,6-7H2,1-2H3. The van der Waals surface area contributed by atoms with E-state index in [2.05, 4.69) is 18.0 Å². The zero-order valence-electron chi connectivity index (χ0n) is 9.12. The number of rotatable bonds is 5. The van der Waals surface area contributed by atoms with E-state index < -0.39 is 0 Å². The van der Waals surface area contributed by atoms with Crippen LogP contribution in [0.3, 0.4) is 0 Å². The van der Waals surface area contributed by atoms with Crippen LogP contribution in [0.1, 0.15) is 18.1 Å². The molecule has 3 heteroatoms. The van der Waals surface area contributed by atoms with E-state index in [0.717, 1.165) is 18.6 Å². The third-order valence-corrected chi connectivity index (χ3v) is 2.30. The van der Waals surface area contributed by atoms with Crippen LogP contribution in [0.15, 0.2) is 23.2 Å². The summed E-state index contributed by atoms with van der Waals surface area (Å²) in [4.78, 5) is 13.4. The molecule has 0 aliphatic heterocycles. The summed E-state index contributed by atoms with van der Waals surface area (Å²) in [5, 5.41) is 0. The van der Waals surface area contributed by atoms with Crippen molar-refractivity contribution in [2.45, 2.75) is 19.8 Å². The second kappa shape index (κ2) is 5.99. The van der Waals surface area contributed by atoms with Gasteiger partial charge in [-0.25, -0.2) is 9.79 Å². The van der Waals surface area contributed by atoms with Gasteiger partial charge in [0.1, 0.15) is 5.75 Å². The maximum absolute atomic E-state index is 9.91. The number of hydrogen-bond acceptors (Lipinski definition) is 3. The first-order chi connectivity index (χ1) is 7.31. The van der Waals surface area contributed by atoms with Crippen molar-refractivity contribution < 1.29 is 9.53 Å². The second-order valence-electron chi connectivity index (χ2n) is 3.22. The highest BCUT2D eigenvalue weighted by Crippen LogP contribution is 2.20. The van der Waals surface area contributed by atoms with Gasteiger partial charge < -0.3 is 4.74 Å². The molecule has 0 radical (unpaired) electrons. The molecule has 0 atom stereocenters. The maximum atomic E-state index is 9.91. The Hall–Kier alpha value is -1.60. The molecule has 15 heavy (non-hydrogen) atoms. The highest BCUT2D eigenvalue weighted by molar-refractivity contribution is 5.37. The molecule has 0 bridgehead atoms. The third kappa shape index (κ3) is 3.22. The summed E-state index contributed by atoms with van der Waals surface area (Å²) in [6.45, 7) is 2.59. The number of methoxy groups -OCH3 is 1. The van der Waals surface area contributed by atoms with Crippen molar-refractivity contribution in [3.63, 3.8) is 0 Å². The lowest BCUT2D eigenvalue weighted by Gasteiger charge is -2.08. The number of aryl methyl sites for hydroxylation is 1. The fourth-order valence-electron chi connectivity index (χ4n) is 1.49. The van der Waals surface area contributed by atoms with Crippen molar-refractivity contribution in [1.82, 2.24) is 0 Å². The lowest BCUT2D eigenvalue weighted by molar-refractivity contribution is 0.410. The van der Waals surface area contributed by atoms with Crippen LogP contribution in [0.5, 0.6) is 5.75 Å². The summed E-state index contributed by atoms with van der Waals surface area (Å²) in [5.74, 6) is 0.917. The van der Waals surface area contributed by atoms with E-state index in [-0.39, 0.29) is 0 Å². The molecular weight excluding hydrogens is 190 g/mol. The van der Waals surface area contributed by atoms with Crippen molar-refractivity contribution in [3.05, 3.63) is 29.3 Å². The van der Waals surface area contributed by atoms with Crippen LogP contribution in [-0.4, -0.2) is 19.7 Å². The molecule has 1 aromatic rings. The van der Waals surface area contributed by atoms with Crippen LogP contribution in [0.2, 0.25) is 0 Å². The average Bonchev–Trinajstić information content (AvgIpc) is 2.29. The molecule has 0 fully saturated rings. The first kappa shape index (κ1) is 11.5. The molecule has 0 unspecified atom stereocenters. The van der Waals surface area contributed by atoms with E-state index in [1.165, 1.54) is 17.2 Å². The molecule has 0 heterocycles. The number of benzene rings is 1. The zero-order chi connectivity index (χ0) is 11.1. The smallest absolute Gasteiger partial charge is 0.234 e. The molecule has 0 spiro atoms. The minimum atomic E-state index is 0.499. The number of ether oxygens (including phenoxy) is 1. The SMILES string of the molecule is CCc1cc(CCN=C=O)ccc1OC. The van der Waals surface area contributed by atoms with Crippen LogP contribution in [0, 0.1) is 0 Å². The van der Waals surface area contributed by atoms with Gasteiger partial charge in [-0.05, 0) is 30.0 Å². The lowest BCUT2D eigenvalue weighted by Crippen LogP contribution is -1.95. The first-order valence-corrected chi connectivity index (χ1v) is 5.01. The van der Waals surface area contributed by atoms with Crippen molar-refractivity contribution in [3.8, 4) is 5.75 Å². The van der Waals surface area contributed by atoms with Crippen molar-refractivity contribution in [2.24, 2.45) is 4.99 Å². The van der Waals surface area contributed by atoms with Gasteiger partial charge in [0, 0.05) is 0 Å². The molecule has 0 saturated heterocycles. The Morgan fingerprint density at radius 3 is 2.87 bits per heavy atom. The average molecular weight is 205 g/mol. The molecule has 0 amide bonds. The third-order valence-electron chi connectivity index (χ3n) is 2.30. The Balaban J connectivity index is 2.78. The Kier molecular flexibility index (Phi) is 4.58. The largest absolute Gasteiger partial charge is 0.496 e. The van der Waals surface area contributed by atoms with E-state index in [4.69, 9.17) is 4.74 Å². The monoisotopic (exact) mass is 205 g/mol. The van der Waals surface area contributed by atoms with Gasteiger partial charge >= 0.3 is 0 Å². The Morgan fingerprint density at radius 2 is 2.27 bits per heavy atom. The summed E-state index contributed by atoms with van der Waals surface area (Å²) in [5.41, 5.74) is 2.36. The number of isocyanates is 1. The Morgan fingerprint density at radius 1 is 1.47 bits per heavy atom. The number of carbonyl (C=O) groups excluding carboxylic acids is 1. The van der Waals surface area contributed by atoms with Gasteiger partial charge in [0.2, 0.25) is 6.08 Å². The van der Waals surface area contributed by atoms with Gasteiger partial charge in [0.15, 0.2) is 0 Å². The highest BCUT2D eigenvalue weighted by atomic mass is 16.5. The molecule has 1 aromatic carbocycles. The molecule has 0 aromatic heterocycles. The molecule has 1 rings (SSSR count). The lowest BCUT2D eigenvalue weighted by atomic mass is 10.1. The van der Waals surface area contributed by atoms with Crippen LogP contribution < -0.4 is 4.74 Å². The Labute approximate surface area is 89.8 Å².